The first-order chi connectivity index (χ1) is 22.9. The summed E-state index contributed by atoms with van der Waals surface area (Å²) in [7, 11) is 0. The predicted molar refractivity (Wildman–Crippen MR) is 207 cm³/mol. The summed E-state index contributed by atoms with van der Waals surface area (Å²) in [5, 5.41) is 1.17. The van der Waals surface area contributed by atoms with Crippen molar-refractivity contribution in [3.8, 4) is 0 Å². The fraction of sp³-hybridized carbons (Fsp3) is 0.474. The van der Waals surface area contributed by atoms with Crippen LogP contribution in [-0.4, -0.2) is 29.9 Å². The van der Waals surface area contributed by atoms with E-state index < -0.39 is 0 Å². The number of nitrogen functional groups attached to an aromatic ring is 3. The van der Waals surface area contributed by atoms with Crippen LogP contribution in [0.4, 0.5) is 17.6 Å². The number of aryl methyl sites for hydroxylation is 3. The zero-order valence-corrected chi connectivity index (χ0v) is 32.6. The monoisotopic (exact) mass is 689 g/mol. The van der Waals surface area contributed by atoms with Gasteiger partial charge >= 0.3 is 0 Å². The second-order valence-electron chi connectivity index (χ2n) is 13.2. The molecule has 0 aliphatic rings. The zero-order chi connectivity index (χ0) is 37.3. The topological polar surface area (TPSA) is 169 Å². The summed E-state index contributed by atoms with van der Waals surface area (Å²) in [6, 6.07) is 7.89. The largest absolute Gasteiger partial charge is 0.446 e. The summed E-state index contributed by atoms with van der Waals surface area (Å²) < 4.78 is 5.23. The van der Waals surface area contributed by atoms with Crippen molar-refractivity contribution in [2.24, 2.45) is 0 Å². The number of nitrogens with two attached hydrogens (primary N) is 3. The Morgan fingerprint density at radius 1 is 0.571 bits per heavy atom. The molecule has 0 aliphatic heterocycles. The smallest absolute Gasteiger partial charge is 0.219 e. The number of hydrogen-bond acceptors (Lipinski definition) is 11. The average molecular weight is 690 g/mol. The third kappa shape index (κ3) is 17.5. The molecule has 5 rings (SSSR count). The molecule has 11 heteroatoms. The first kappa shape index (κ1) is 42.6. The molecule has 0 amide bonds. The Morgan fingerprint density at radius 3 is 1.49 bits per heavy atom. The number of aromatic nitrogens is 6. The fourth-order valence-electron chi connectivity index (χ4n) is 3.82. The minimum Gasteiger partial charge on any atom is -0.446 e. The van der Waals surface area contributed by atoms with E-state index in [9.17, 15) is 0 Å². The quantitative estimate of drug-likeness (QED) is 0.161. The number of thiazole rings is 1. The maximum Gasteiger partial charge on any atom is 0.219 e. The molecule has 0 atom stereocenters. The Kier molecular flexibility index (Phi) is 18.8. The van der Waals surface area contributed by atoms with Crippen molar-refractivity contribution in [1.82, 2.24) is 29.9 Å². The van der Waals surface area contributed by atoms with E-state index in [1.807, 2.05) is 45.2 Å². The van der Waals surface area contributed by atoms with Crippen LogP contribution in [0, 0.1) is 20.8 Å². The van der Waals surface area contributed by atoms with E-state index in [0.29, 0.717) is 47.2 Å². The SMILES string of the molecule is CC(C)c1ccnc(N)c1.CC(C)c1cnc(N)nc1.Cc1cc(C(C)C)cc(N)n1.Cc1ncc(C(C)C)o1.Cc1ncc(C(C)C)s1. The van der Waals surface area contributed by atoms with Crippen LogP contribution in [0.1, 0.15) is 143 Å². The lowest BCUT2D eigenvalue weighted by Gasteiger charge is -2.06. The van der Waals surface area contributed by atoms with Gasteiger partial charge in [0, 0.05) is 48.2 Å². The Morgan fingerprint density at radius 2 is 1.14 bits per heavy atom. The van der Waals surface area contributed by atoms with Crippen LogP contribution in [0.15, 0.2) is 59.7 Å². The van der Waals surface area contributed by atoms with Crippen molar-refractivity contribution in [2.45, 2.75) is 120 Å². The number of nitrogens with zero attached hydrogens (tertiary/aromatic N) is 6. The van der Waals surface area contributed by atoms with Crippen molar-refractivity contribution in [1.29, 1.82) is 0 Å². The Bertz CT molecular complexity index is 1560. The van der Waals surface area contributed by atoms with Crippen LogP contribution in [0.2, 0.25) is 0 Å². The van der Waals surface area contributed by atoms with Gasteiger partial charge in [-0.05, 0) is 78.5 Å². The van der Waals surface area contributed by atoms with Crippen LogP contribution >= 0.6 is 11.3 Å². The first-order valence-electron chi connectivity index (χ1n) is 16.8. The van der Waals surface area contributed by atoms with E-state index in [0.717, 1.165) is 22.9 Å². The van der Waals surface area contributed by atoms with Gasteiger partial charge in [0.05, 0.1) is 11.2 Å². The summed E-state index contributed by atoms with van der Waals surface area (Å²) in [6.45, 7) is 27.1. The molecule has 5 aromatic heterocycles. The predicted octanol–water partition coefficient (Wildman–Crippen LogP) is 9.75. The lowest BCUT2D eigenvalue weighted by Crippen LogP contribution is -1.96. The lowest BCUT2D eigenvalue weighted by molar-refractivity contribution is 0.456. The summed E-state index contributed by atoms with van der Waals surface area (Å²) >= 11 is 1.78. The zero-order valence-electron chi connectivity index (χ0n) is 31.8. The van der Waals surface area contributed by atoms with Gasteiger partial charge in [-0.15, -0.1) is 11.3 Å². The molecule has 5 heterocycles. The molecular weight excluding hydrogens is 631 g/mol. The standard InChI is InChI=1S/C9H14N2.C8H12N2.C7H11N3.C7H11NO.C7H11NS/c1-6(2)8-4-7(3)11-9(10)5-8;1-6(2)7-3-4-10-8(9)5-7;1-5(2)6-3-9-7(8)10-4-6;2*1-5(2)7-4-8-6(3)9-7/h4-6H,1-3H3,(H2,10,11);3-6H,1-2H3,(H2,9,10);3-5H,1-2H3,(H2,8,9,10);2*4-5H,1-3H3. The van der Waals surface area contributed by atoms with E-state index >= 15 is 0 Å². The molecule has 0 radical (unpaired) electrons. The molecule has 268 valence electrons. The second-order valence-corrected chi connectivity index (χ2v) is 14.5. The molecule has 0 spiro atoms. The molecule has 0 aromatic carbocycles. The van der Waals surface area contributed by atoms with Crippen molar-refractivity contribution < 1.29 is 4.42 Å². The highest BCUT2D eigenvalue weighted by Gasteiger charge is 2.03. The van der Waals surface area contributed by atoms with Gasteiger partial charge in [0.25, 0.3) is 0 Å². The molecule has 0 fully saturated rings. The van der Waals surface area contributed by atoms with Gasteiger partial charge in [0.1, 0.15) is 17.4 Å². The Balaban J connectivity index is 0.000000307. The van der Waals surface area contributed by atoms with Crippen LogP contribution in [0.5, 0.6) is 0 Å². The maximum atomic E-state index is 5.59. The number of anilines is 3. The van der Waals surface area contributed by atoms with Crippen molar-refractivity contribution in [2.75, 3.05) is 17.2 Å². The highest BCUT2D eigenvalue weighted by atomic mass is 32.1. The number of pyridine rings is 2. The molecule has 49 heavy (non-hydrogen) atoms. The molecule has 0 unspecified atom stereocenters. The van der Waals surface area contributed by atoms with E-state index in [4.69, 9.17) is 21.6 Å². The van der Waals surface area contributed by atoms with Crippen molar-refractivity contribution >= 4 is 28.9 Å². The van der Waals surface area contributed by atoms with Gasteiger partial charge in [-0.1, -0.05) is 69.2 Å². The number of oxazole rings is 1. The van der Waals surface area contributed by atoms with E-state index in [1.165, 1.54) is 21.0 Å². The second kappa shape index (κ2) is 21.6. The highest BCUT2D eigenvalue weighted by Crippen LogP contribution is 2.21. The van der Waals surface area contributed by atoms with Crippen LogP contribution < -0.4 is 17.2 Å². The fourth-order valence-corrected chi connectivity index (χ4v) is 4.60. The normalized spacial score (nSPS) is 10.5. The minimum atomic E-state index is 0.337. The Hall–Kier alpha value is -4.38. The van der Waals surface area contributed by atoms with Gasteiger partial charge in [-0.2, -0.15) is 0 Å². The molecule has 0 saturated carbocycles. The maximum absolute atomic E-state index is 5.59. The molecule has 5 aromatic rings. The third-order valence-electron chi connectivity index (χ3n) is 6.91. The number of hydrogen-bond donors (Lipinski definition) is 3. The lowest BCUT2D eigenvalue weighted by atomic mass is 10.0. The van der Waals surface area contributed by atoms with Crippen molar-refractivity contribution in [3.05, 3.63) is 99.2 Å². The van der Waals surface area contributed by atoms with E-state index in [2.05, 4.69) is 105 Å². The van der Waals surface area contributed by atoms with E-state index in [1.54, 1.807) is 36.1 Å². The highest BCUT2D eigenvalue weighted by molar-refractivity contribution is 7.11. The van der Waals surface area contributed by atoms with Gasteiger partial charge in [-0.25, -0.2) is 29.9 Å². The minimum absolute atomic E-state index is 0.337. The molecule has 0 aliphatic carbocycles. The summed E-state index contributed by atoms with van der Waals surface area (Å²) in [5.41, 5.74) is 21.0. The summed E-state index contributed by atoms with van der Waals surface area (Å²) in [4.78, 5) is 25.2. The van der Waals surface area contributed by atoms with Crippen molar-refractivity contribution in [3.63, 3.8) is 0 Å². The summed E-state index contributed by atoms with van der Waals surface area (Å²) in [5.74, 6) is 5.89. The van der Waals surface area contributed by atoms with Gasteiger partial charge in [-0.3, -0.25) is 0 Å². The first-order valence-corrected chi connectivity index (χ1v) is 17.6. The average Bonchev–Trinajstić information content (AvgIpc) is 3.67. The van der Waals surface area contributed by atoms with Gasteiger partial charge in [0.15, 0.2) is 5.89 Å². The van der Waals surface area contributed by atoms with Crippen LogP contribution in [0.3, 0.4) is 0 Å². The summed E-state index contributed by atoms with van der Waals surface area (Å²) in [6.07, 6.45) is 9.00. The van der Waals surface area contributed by atoms with Gasteiger partial charge in [0.2, 0.25) is 5.95 Å². The van der Waals surface area contributed by atoms with Crippen LogP contribution in [0.25, 0.3) is 0 Å². The third-order valence-corrected chi connectivity index (χ3v) is 8.12. The molecule has 6 N–H and O–H groups in total. The molecular formula is C38H59N9OS. The Labute approximate surface area is 298 Å². The van der Waals surface area contributed by atoms with E-state index in [-0.39, 0.29) is 0 Å². The van der Waals surface area contributed by atoms with Gasteiger partial charge < -0.3 is 21.6 Å². The molecule has 0 bridgehead atoms. The molecule has 0 saturated heterocycles. The molecule has 10 nitrogen and oxygen atoms in total. The number of rotatable bonds is 5. The van der Waals surface area contributed by atoms with Crippen LogP contribution in [-0.2, 0) is 0 Å².